The zero-order chi connectivity index (χ0) is 22.6. The third-order valence-electron chi connectivity index (χ3n) is 5.53. The lowest BCUT2D eigenvalue weighted by molar-refractivity contribution is 0.122. The van der Waals surface area contributed by atoms with E-state index in [-0.39, 0.29) is 0 Å². The first kappa shape index (κ1) is 21.1. The van der Waals surface area contributed by atoms with Gasteiger partial charge in [-0.15, -0.1) is 0 Å². The number of morpholine rings is 1. The second-order valence-corrected chi connectivity index (χ2v) is 8.10. The number of hydrogen-bond donors (Lipinski definition) is 0. The van der Waals surface area contributed by atoms with E-state index < -0.39 is 0 Å². The lowest BCUT2D eigenvalue weighted by Gasteiger charge is -2.28. The predicted molar refractivity (Wildman–Crippen MR) is 125 cm³/mol. The van der Waals surface area contributed by atoms with Crippen LogP contribution in [0.4, 0.5) is 5.82 Å². The molecule has 4 aromatic rings. The molecule has 170 valence electrons. The fourth-order valence-corrected chi connectivity index (χ4v) is 3.81. The van der Waals surface area contributed by atoms with Gasteiger partial charge in [-0.1, -0.05) is 23.8 Å². The van der Waals surface area contributed by atoms with E-state index >= 15 is 0 Å². The smallest absolute Gasteiger partial charge is 0.320 e. The van der Waals surface area contributed by atoms with Crippen LogP contribution in [0.3, 0.4) is 0 Å². The van der Waals surface area contributed by atoms with Gasteiger partial charge in [0.2, 0.25) is 0 Å². The normalized spacial score (nSPS) is 13.9. The van der Waals surface area contributed by atoms with Gasteiger partial charge in [-0.2, -0.15) is 20.2 Å². The third-order valence-corrected chi connectivity index (χ3v) is 5.53. The number of anilines is 1. The second kappa shape index (κ2) is 9.41. The average molecular weight is 446 g/mol. The summed E-state index contributed by atoms with van der Waals surface area (Å²) in [4.78, 5) is 11.5. The molecule has 4 heterocycles. The van der Waals surface area contributed by atoms with Crippen molar-refractivity contribution in [3.63, 3.8) is 0 Å². The summed E-state index contributed by atoms with van der Waals surface area (Å²) in [7, 11) is 1.90. The molecule has 9 heteroatoms. The molecule has 0 unspecified atom stereocenters. The van der Waals surface area contributed by atoms with E-state index in [0.29, 0.717) is 31.6 Å². The molecule has 3 aromatic heterocycles. The highest BCUT2D eigenvalue weighted by Gasteiger charge is 2.17. The van der Waals surface area contributed by atoms with E-state index in [9.17, 15) is 0 Å². The Bertz CT molecular complexity index is 1230. The molecule has 1 aliphatic heterocycles. The van der Waals surface area contributed by atoms with E-state index in [0.717, 1.165) is 42.1 Å². The van der Waals surface area contributed by atoms with Gasteiger partial charge in [0.1, 0.15) is 5.82 Å². The predicted octanol–water partition coefficient (Wildman–Crippen LogP) is 2.83. The summed E-state index contributed by atoms with van der Waals surface area (Å²) in [5.41, 5.74) is 4.27. The summed E-state index contributed by atoms with van der Waals surface area (Å²) in [6.07, 6.45) is 6.48. The van der Waals surface area contributed by atoms with Crippen LogP contribution in [0.2, 0.25) is 0 Å². The Kier molecular flexibility index (Phi) is 6.03. The highest BCUT2D eigenvalue weighted by molar-refractivity contribution is 5.60. The first-order valence-electron chi connectivity index (χ1n) is 11.1. The largest absolute Gasteiger partial charge is 0.463 e. The van der Waals surface area contributed by atoms with Crippen LogP contribution in [0.25, 0.3) is 17.1 Å². The lowest BCUT2D eigenvalue weighted by Crippen LogP contribution is -2.37. The molecular weight excluding hydrogens is 418 g/mol. The molecule has 0 N–H and O–H groups in total. The van der Waals surface area contributed by atoms with Crippen LogP contribution in [-0.2, 0) is 18.2 Å². The van der Waals surface area contributed by atoms with Gasteiger partial charge in [0, 0.05) is 50.6 Å². The van der Waals surface area contributed by atoms with Crippen molar-refractivity contribution < 1.29 is 9.47 Å². The second-order valence-electron chi connectivity index (χ2n) is 8.10. The van der Waals surface area contributed by atoms with Crippen molar-refractivity contribution in [2.75, 3.05) is 37.8 Å². The average Bonchev–Trinajstić information content (AvgIpc) is 3.49. The Morgan fingerprint density at radius 1 is 1.06 bits per heavy atom. The van der Waals surface area contributed by atoms with E-state index in [1.807, 2.05) is 43.8 Å². The maximum absolute atomic E-state index is 5.96. The SMILES string of the molecule is Cc1cccc(-c2ccn(-c3cc(N4CCOCC4)nc(OCCc4cnn(C)c4)n3)n2)c1. The summed E-state index contributed by atoms with van der Waals surface area (Å²) in [5, 5.41) is 8.97. The molecular formula is C24H27N7O2. The molecule has 0 spiro atoms. The molecule has 0 saturated carbocycles. The molecule has 0 atom stereocenters. The lowest BCUT2D eigenvalue weighted by atomic mass is 10.1. The molecule has 5 rings (SSSR count). The highest BCUT2D eigenvalue weighted by atomic mass is 16.5. The van der Waals surface area contributed by atoms with Gasteiger partial charge in [-0.05, 0) is 24.6 Å². The molecule has 1 saturated heterocycles. The molecule has 1 aromatic carbocycles. The summed E-state index contributed by atoms with van der Waals surface area (Å²) in [6, 6.07) is 12.6. The van der Waals surface area contributed by atoms with Gasteiger partial charge in [0.15, 0.2) is 5.82 Å². The quantitative estimate of drug-likeness (QED) is 0.433. The number of nitrogens with zero attached hydrogens (tertiary/aromatic N) is 7. The zero-order valence-electron chi connectivity index (χ0n) is 18.9. The Labute approximate surface area is 192 Å². The van der Waals surface area contributed by atoms with Gasteiger partial charge in [-0.3, -0.25) is 4.68 Å². The Hall–Kier alpha value is -3.72. The van der Waals surface area contributed by atoms with Gasteiger partial charge in [-0.25, -0.2) is 4.68 Å². The summed E-state index contributed by atoms with van der Waals surface area (Å²) >= 11 is 0. The number of aromatic nitrogens is 6. The minimum Gasteiger partial charge on any atom is -0.463 e. The number of benzene rings is 1. The molecule has 33 heavy (non-hydrogen) atoms. The first-order chi connectivity index (χ1) is 16.1. The topological polar surface area (TPSA) is 83.1 Å². The number of ether oxygens (including phenoxy) is 2. The van der Waals surface area contributed by atoms with E-state index in [4.69, 9.17) is 14.6 Å². The minimum absolute atomic E-state index is 0.338. The Morgan fingerprint density at radius 3 is 2.70 bits per heavy atom. The zero-order valence-corrected chi connectivity index (χ0v) is 18.9. The van der Waals surface area contributed by atoms with Crippen LogP contribution in [-0.4, -0.2) is 62.4 Å². The van der Waals surface area contributed by atoms with Crippen LogP contribution < -0.4 is 9.64 Å². The minimum atomic E-state index is 0.338. The van der Waals surface area contributed by atoms with Crippen molar-refractivity contribution in [1.29, 1.82) is 0 Å². The summed E-state index contributed by atoms with van der Waals surface area (Å²) in [6.45, 7) is 5.45. The highest BCUT2D eigenvalue weighted by Crippen LogP contribution is 2.23. The maximum atomic E-state index is 5.96. The number of rotatable bonds is 7. The molecule has 0 radical (unpaired) electrons. The van der Waals surface area contributed by atoms with E-state index in [1.165, 1.54) is 5.56 Å². The Morgan fingerprint density at radius 2 is 1.91 bits per heavy atom. The molecule has 1 aliphatic rings. The van der Waals surface area contributed by atoms with Crippen molar-refractivity contribution in [3.8, 4) is 23.1 Å². The molecule has 0 aliphatic carbocycles. The van der Waals surface area contributed by atoms with Crippen LogP contribution in [0, 0.1) is 6.92 Å². The third kappa shape index (κ3) is 5.04. The van der Waals surface area contributed by atoms with Crippen molar-refractivity contribution in [3.05, 3.63) is 66.1 Å². The van der Waals surface area contributed by atoms with Crippen LogP contribution in [0.5, 0.6) is 6.01 Å². The molecule has 9 nitrogen and oxygen atoms in total. The molecule has 1 fully saturated rings. The van der Waals surface area contributed by atoms with Crippen molar-refractivity contribution >= 4 is 5.82 Å². The van der Waals surface area contributed by atoms with Gasteiger partial charge < -0.3 is 14.4 Å². The maximum Gasteiger partial charge on any atom is 0.320 e. The fraction of sp³-hybridized carbons (Fsp3) is 0.333. The van der Waals surface area contributed by atoms with E-state index in [2.05, 4.69) is 45.1 Å². The fourth-order valence-electron chi connectivity index (χ4n) is 3.81. The van der Waals surface area contributed by atoms with Gasteiger partial charge in [0.05, 0.1) is 31.7 Å². The molecule has 0 bridgehead atoms. The first-order valence-corrected chi connectivity index (χ1v) is 11.1. The van der Waals surface area contributed by atoms with Gasteiger partial charge >= 0.3 is 6.01 Å². The van der Waals surface area contributed by atoms with E-state index in [1.54, 1.807) is 9.36 Å². The monoisotopic (exact) mass is 445 g/mol. The number of aryl methyl sites for hydroxylation is 2. The van der Waals surface area contributed by atoms with Gasteiger partial charge in [0.25, 0.3) is 0 Å². The van der Waals surface area contributed by atoms with Crippen molar-refractivity contribution in [1.82, 2.24) is 29.5 Å². The van der Waals surface area contributed by atoms with Crippen molar-refractivity contribution in [2.45, 2.75) is 13.3 Å². The summed E-state index contributed by atoms with van der Waals surface area (Å²) < 4.78 is 15.0. The summed E-state index contributed by atoms with van der Waals surface area (Å²) in [5.74, 6) is 1.48. The standard InChI is InChI=1S/C24H27N7O2/c1-18-4-3-5-20(14-18)21-6-8-31(28-21)23-15-22(30-9-12-32-13-10-30)26-24(27-23)33-11-7-19-16-25-29(2)17-19/h3-6,8,14-17H,7,9-13H2,1-2H3. The van der Waals surface area contributed by atoms with Crippen molar-refractivity contribution in [2.24, 2.45) is 7.05 Å². The Balaban J connectivity index is 1.41. The number of hydrogen-bond acceptors (Lipinski definition) is 7. The molecule has 0 amide bonds. The van der Waals surface area contributed by atoms with Crippen LogP contribution >= 0.6 is 0 Å². The van der Waals surface area contributed by atoms with Crippen LogP contribution in [0.15, 0.2) is 55.0 Å². The van der Waals surface area contributed by atoms with Crippen LogP contribution in [0.1, 0.15) is 11.1 Å².